The van der Waals surface area contributed by atoms with E-state index >= 15 is 0 Å². The Morgan fingerprint density at radius 3 is 2.38 bits per heavy atom. The van der Waals surface area contributed by atoms with Crippen LogP contribution >= 0.6 is 0 Å². The van der Waals surface area contributed by atoms with Gasteiger partial charge in [-0.05, 0) is 54.6 Å². The van der Waals surface area contributed by atoms with Crippen molar-refractivity contribution in [2.24, 2.45) is 0 Å². The summed E-state index contributed by atoms with van der Waals surface area (Å²) in [6, 6.07) is 22.4. The van der Waals surface area contributed by atoms with E-state index in [2.05, 4.69) is 15.6 Å². The van der Waals surface area contributed by atoms with Gasteiger partial charge >= 0.3 is 0 Å². The van der Waals surface area contributed by atoms with Crippen LogP contribution in [0.3, 0.4) is 0 Å². The Bertz CT molecular complexity index is 1880. The van der Waals surface area contributed by atoms with Crippen LogP contribution in [0.4, 0.5) is 5.69 Å². The van der Waals surface area contributed by atoms with Gasteiger partial charge in [0.1, 0.15) is 17.1 Å². The number of amides is 2. The zero-order valence-corrected chi connectivity index (χ0v) is 22.8. The fraction of sp³-hybridized carbons (Fsp3) is 0.125. The molecular weight excluding hydrogens is 536 g/mol. The van der Waals surface area contributed by atoms with Crippen LogP contribution in [0.5, 0.6) is 23.0 Å². The molecule has 0 spiro atoms. The fourth-order valence-corrected chi connectivity index (χ4v) is 4.97. The van der Waals surface area contributed by atoms with Gasteiger partial charge in [0.05, 0.1) is 25.3 Å². The molecule has 42 heavy (non-hydrogen) atoms. The molecule has 0 bridgehead atoms. The van der Waals surface area contributed by atoms with Crippen molar-refractivity contribution in [3.8, 4) is 28.7 Å². The molecule has 210 valence electrons. The Kier molecular flexibility index (Phi) is 7.02. The summed E-state index contributed by atoms with van der Waals surface area (Å²) < 4.78 is 18.4. The Morgan fingerprint density at radius 2 is 1.64 bits per heavy atom. The maximum Gasteiger partial charge on any atom is 0.268 e. The summed E-state index contributed by atoms with van der Waals surface area (Å²) in [6.45, 7) is 0.412. The van der Waals surface area contributed by atoms with Crippen molar-refractivity contribution < 1.29 is 23.8 Å². The number of fused-ring (bicyclic) bond motifs is 2. The minimum atomic E-state index is -0.624. The molecular formula is C32H26N4O6. The molecule has 0 fully saturated rings. The van der Waals surface area contributed by atoms with Crippen LogP contribution < -0.4 is 30.4 Å². The van der Waals surface area contributed by atoms with Crippen molar-refractivity contribution in [3.63, 3.8) is 0 Å². The molecule has 2 aromatic heterocycles. The molecule has 2 amide bonds. The summed E-state index contributed by atoms with van der Waals surface area (Å²) in [5.74, 6) is 1.24. The molecule has 0 saturated heterocycles. The standard InChI is InChI=1S/C32H26N4O6/c1-40-28-17-22-25(18-29(28)41-2)33-15-13-27(22)42-21-10-8-19(9-11-21)35-31(38)24-16-23-26(12-14-34-30(23)37)36(32(24)39)20-6-4-3-5-7-20/h3-11,13,15-18H,12,14H2,1-2H3,(H,34,37)(H,35,38). The van der Waals surface area contributed by atoms with E-state index in [0.717, 1.165) is 5.39 Å². The number of para-hydroxylation sites is 1. The Balaban J connectivity index is 1.27. The highest BCUT2D eigenvalue weighted by molar-refractivity contribution is 6.06. The molecule has 0 unspecified atom stereocenters. The number of hydrogen-bond donors (Lipinski definition) is 2. The van der Waals surface area contributed by atoms with Gasteiger partial charge in [-0.1, -0.05) is 18.2 Å². The number of nitrogens with one attached hydrogen (secondary N) is 2. The summed E-state index contributed by atoms with van der Waals surface area (Å²) in [5.41, 5.74) is 1.96. The van der Waals surface area contributed by atoms with E-state index in [9.17, 15) is 14.4 Å². The summed E-state index contributed by atoms with van der Waals surface area (Å²) in [4.78, 5) is 43.9. The van der Waals surface area contributed by atoms with Gasteiger partial charge < -0.3 is 24.8 Å². The van der Waals surface area contributed by atoms with Gasteiger partial charge in [0.25, 0.3) is 17.4 Å². The van der Waals surface area contributed by atoms with E-state index < -0.39 is 11.5 Å². The number of aromatic nitrogens is 2. The zero-order valence-electron chi connectivity index (χ0n) is 22.8. The van der Waals surface area contributed by atoms with Crippen LogP contribution in [0.2, 0.25) is 0 Å². The molecule has 6 rings (SSSR count). The summed E-state index contributed by atoms with van der Waals surface area (Å²) in [6.07, 6.45) is 2.11. The van der Waals surface area contributed by atoms with E-state index in [1.165, 1.54) is 10.6 Å². The van der Waals surface area contributed by atoms with Gasteiger partial charge in [0.15, 0.2) is 11.5 Å². The highest BCUT2D eigenvalue weighted by Gasteiger charge is 2.26. The SMILES string of the molecule is COc1cc2nccc(Oc3ccc(NC(=O)c4cc5c(n(-c6ccccc6)c4=O)CCNC5=O)cc3)c2cc1OC. The van der Waals surface area contributed by atoms with Gasteiger partial charge in [-0.25, -0.2) is 0 Å². The molecule has 0 aliphatic carbocycles. The van der Waals surface area contributed by atoms with Crippen molar-refractivity contribution >= 4 is 28.4 Å². The van der Waals surface area contributed by atoms with Crippen molar-refractivity contribution in [1.82, 2.24) is 14.9 Å². The van der Waals surface area contributed by atoms with Crippen molar-refractivity contribution in [2.45, 2.75) is 6.42 Å². The first-order valence-electron chi connectivity index (χ1n) is 13.2. The summed E-state index contributed by atoms with van der Waals surface area (Å²) in [5, 5.41) is 6.29. The van der Waals surface area contributed by atoms with Crippen molar-refractivity contribution in [3.05, 3.63) is 112 Å². The number of nitrogens with zero attached hydrogens (tertiary/aromatic N) is 2. The average Bonchev–Trinajstić information content (AvgIpc) is 3.01. The van der Waals surface area contributed by atoms with Crippen LogP contribution in [0, 0.1) is 0 Å². The third-order valence-electron chi connectivity index (χ3n) is 7.00. The monoisotopic (exact) mass is 562 g/mol. The Labute approximate surface area is 240 Å². The molecule has 5 aromatic rings. The maximum absolute atomic E-state index is 13.6. The predicted octanol–water partition coefficient (Wildman–Crippen LogP) is 4.73. The van der Waals surface area contributed by atoms with E-state index in [1.807, 2.05) is 6.07 Å². The highest BCUT2D eigenvalue weighted by atomic mass is 16.5. The first-order chi connectivity index (χ1) is 20.5. The largest absolute Gasteiger partial charge is 0.493 e. The number of carbonyl (C=O) groups excluding carboxylic acids is 2. The lowest BCUT2D eigenvalue weighted by atomic mass is 10.0. The number of hydrogen-bond acceptors (Lipinski definition) is 7. The number of anilines is 1. The van der Waals surface area contributed by atoms with Gasteiger partial charge in [-0.2, -0.15) is 0 Å². The molecule has 0 atom stereocenters. The van der Waals surface area contributed by atoms with Crippen LogP contribution in [0.25, 0.3) is 16.6 Å². The third kappa shape index (κ3) is 4.90. The van der Waals surface area contributed by atoms with Gasteiger partial charge in [0, 0.05) is 47.7 Å². The quantitative estimate of drug-likeness (QED) is 0.294. The summed E-state index contributed by atoms with van der Waals surface area (Å²) in [7, 11) is 3.12. The molecule has 3 heterocycles. The predicted molar refractivity (Wildman–Crippen MR) is 157 cm³/mol. The minimum Gasteiger partial charge on any atom is -0.493 e. The molecule has 2 N–H and O–H groups in total. The smallest absolute Gasteiger partial charge is 0.268 e. The number of pyridine rings is 2. The number of methoxy groups -OCH3 is 2. The van der Waals surface area contributed by atoms with E-state index in [1.54, 1.807) is 87.1 Å². The van der Waals surface area contributed by atoms with Gasteiger partial charge in [-0.15, -0.1) is 0 Å². The Hall–Kier alpha value is -5.64. The molecule has 3 aromatic carbocycles. The lowest BCUT2D eigenvalue weighted by Crippen LogP contribution is -2.39. The first kappa shape index (κ1) is 26.6. The third-order valence-corrected chi connectivity index (χ3v) is 7.00. The highest BCUT2D eigenvalue weighted by Crippen LogP contribution is 2.37. The van der Waals surface area contributed by atoms with Crippen LogP contribution in [0.15, 0.2) is 89.9 Å². The fourth-order valence-electron chi connectivity index (χ4n) is 4.97. The topological polar surface area (TPSA) is 121 Å². The molecule has 10 heteroatoms. The minimum absolute atomic E-state index is 0.136. The van der Waals surface area contributed by atoms with E-state index in [0.29, 0.717) is 64.1 Å². The molecule has 0 saturated carbocycles. The lowest BCUT2D eigenvalue weighted by molar-refractivity contribution is 0.0944. The number of benzene rings is 3. The van der Waals surface area contributed by atoms with Gasteiger partial charge in [-0.3, -0.25) is 23.9 Å². The summed E-state index contributed by atoms with van der Waals surface area (Å²) >= 11 is 0. The van der Waals surface area contributed by atoms with Crippen LogP contribution in [0.1, 0.15) is 26.4 Å². The second-order valence-electron chi connectivity index (χ2n) is 9.51. The van der Waals surface area contributed by atoms with E-state index in [4.69, 9.17) is 14.2 Å². The molecule has 0 radical (unpaired) electrons. The molecule has 10 nitrogen and oxygen atoms in total. The second kappa shape index (κ2) is 11.1. The average molecular weight is 563 g/mol. The maximum atomic E-state index is 13.6. The van der Waals surface area contributed by atoms with Crippen LogP contribution in [-0.4, -0.2) is 42.1 Å². The first-order valence-corrected chi connectivity index (χ1v) is 13.2. The van der Waals surface area contributed by atoms with Crippen molar-refractivity contribution in [1.29, 1.82) is 0 Å². The number of rotatable bonds is 7. The zero-order chi connectivity index (χ0) is 29.2. The van der Waals surface area contributed by atoms with E-state index in [-0.39, 0.29) is 11.5 Å². The Morgan fingerprint density at radius 1 is 0.905 bits per heavy atom. The normalized spacial score (nSPS) is 12.3. The number of ether oxygens (including phenoxy) is 3. The van der Waals surface area contributed by atoms with Crippen molar-refractivity contribution in [2.75, 3.05) is 26.1 Å². The van der Waals surface area contributed by atoms with Gasteiger partial charge in [0.2, 0.25) is 0 Å². The number of carbonyl (C=O) groups is 2. The molecule has 1 aliphatic rings. The van der Waals surface area contributed by atoms with Crippen LogP contribution in [-0.2, 0) is 6.42 Å². The second-order valence-corrected chi connectivity index (χ2v) is 9.51. The molecule has 1 aliphatic heterocycles. The lowest BCUT2D eigenvalue weighted by Gasteiger charge is -2.22.